The first kappa shape index (κ1) is 13.7. The Kier molecular flexibility index (Phi) is 5.70. The molecule has 0 saturated heterocycles. The van der Waals surface area contributed by atoms with Crippen LogP contribution in [0.2, 0.25) is 0 Å². The molecule has 1 atom stereocenters. The minimum absolute atomic E-state index is 0.0302. The maximum Gasteiger partial charge on any atom is 0.163 e. The van der Waals surface area contributed by atoms with Crippen LogP contribution in [-0.4, -0.2) is 19.0 Å². The van der Waals surface area contributed by atoms with Crippen LogP contribution < -0.4 is 4.74 Å². The average Bonchev–Trinajstić information content (AvgIpc) is 2.31. The number of hydrogen-bond donors (Lipinski definition) is 0. The summed E-state index contributed by atoms with van der Waals surface area (Å²) in [5.41, 5.74) is 0.884. The Morgan fingerprint density at radius 1 is 1.24 bits per heavy atom. The van der Waals surface area contributed by atoms with Crippen LogP contribution in [-0.2, 0) is 9.53 Å². The Labute approximate surface area is 103 Å². The van der Waals surface area contributed by atoms with E-state index in [9.17, 15) is 4.79 Å². The van der Waals surface area contributed by atoms with Gasteiger partial charge in [-0.15, -0.1) is 0 Å². The van der Waals surface area contributed by atoms with Gasteiger partial charge in [-0.2, -0.15) is 0 Å². The molecule has 0 aliphatic heterocycles. The van der Waals surface area contributed by atoms with Crippen molar-refractivity contribution in [2.75, 3.05) is 13.2 Å². The van der Waals surface area contributed by atoms with E-state index >= 15 is 0 Å². The van der Waals surface area contributed by atoms with E-state index in [1.807, 2.05) is 38.1 Å². The third-order valence-electron chi connectivity index (χ3n) is 2.35. The SMILES string of the molecule is CCCOC(C(C)=O)c1ccc(OCC)cc1. The van der Waals surface area contributed by atoms with Crippen molar-refractivity contribution in [1.82, 2.24) is 0 Å². The third-order valence-corrected chi connectivity index (χ3v) is 2.35. The van der Waals surface area contributed by atoms with Gasteiger partial charge in [0.05, 0.1) is 6.61 Å². The van der Waals surface area contributed by atoms with Crippen molar-refractivity contribution in [3.63, 3.8) is 0 Å². The van der Waals surface area contributed by atoms with Gasteiger partial charge in [0.1, 0.15) is 11.9 Å². The van der Waals surface area contributed by atoms with E-state index in [2.05, 4.69) is 0 Å². The van der Waals surface area contributed by atoms with Crippen molar-refractivity contribution in [2.45, 2.75) is 33.3 Å². The summed E-state index contributed by atoms with van der Waals surface area (Å²) in [6, 6.07) is 7.49. The van der Waals surface area contributed by atoms with Crippen LogP contribution in [0.5, 0.6) is 5.75 Å². The molecule has 1 rings (SSSR count). The highest BCUT2D eigenvalue weighted by Crippen LogP contribution is 2.21. The van der Waals surface area contributed by atoms with Gasteiger partial charge >= 0.3 is 0 Å². The minimum Gasteiger partial charge on any atom is -0.494 e. The van der Waals surface area contributed by atoms with Crippen molar-refractivity contribution in [2.24, 2.45) is 0 Å². The second kappa shape index (κ2) is 7.07. The second-order valence-corrected chi connectivity index (χ2v) is 3.86. The topological polar surface area (TPSA) is 35.5 Å². The Balaban J connectivity index is 2.76. The lowest BCUT2D eigenvalue weighted by Gasteiger charge is -2.15. The van der Waals surface area contributed by atoms with Crippen LogP contribution in [0.25, 0.3) is 0 Å². The summed E-state index contributed by atoms with van der Waals surface area (Å²) in [6.45, 7) is 6.75. The highest BCUT2D eigenvalue weighted by molar-refractivity contribution is 5.81. The lowest BCUT2D eigenvalue weighted by Crippen LogP contribution is -2.13. The molecular weight excluding hydrogens is 216 g/mol. The number of ketones is 1. The maximum absolute atomic E-state index is 11.5. The van der Waals surface area contributed by atoms with Gasteiger partial charge in [0.15, 0.2) is 5.78 Å². The molecule has 17 heavy (non-hydrogen) atoms. The fourth-order valence-electron chi connectivity index (χ4n) is 1.59. The zero-order chi connectivity index (χ0) is 12.7. The molecule has 0 radical (unpaired) electrons. The molecule has 1 aromatic carbocycles. The molecule has 0 saturated carbocycles. The van der Waals surface area contributed by atoms with Crippen LogP contribution in [0.1, 0.15) is 38.9 Å². The number of hydrogen-bond acceptors (Lipinski definition) is 3. The predicted molar refractivity (Wildman–Crippen MR) is 67.3 cm³/mol. The fourth-order valence-corrected chi connectivity index (χ4v) is 1.59. The van der Waals surface area contributed by atoms with E-state index in [1.54, 1.807) is 6.92 Å². The molecular formula is C14H20O3. The molecule has 1 unspecified atom stereocenters. The van der Waals surface area contributed by atoms with E-state index in [1.165, 1.54) is 0 Å². The number of benzene rings is 1. The summed E-state index contributed by atoms with van der Waals surface area (Å²) in [5, 5.41) is 0. The molecule has 0 heterocycles. The molecule has 0 aliphatic rings. The molecule has 0 N–H and O–H groups in total. The Morgan fingerprint density at radius 3 is 2.35 bits per heavy atom. The highest BCUT2D eigenvalue weighted by Gasteiger charge is 2.16. The third kappa shape index (κ3) is 4.19. The lowest BCUT2D eigenvalue weighted by atomic mass is 10.1. The first-order valence-corrected chi connectivity index (χ1v) is 6.03. The maximum atomic E-state index is 11.5. The van der Waals surface area contributed by atoms with Gasteiger partial charge in [-0.1, -0.05) is 19.1 Å². The van der Waals surface area contributed by atoms with Gasteiger partial charge < -0.3 is 9.47 Å². The fraction of sp³-hybridized carbons (Fsp3) is 0.500. The van der Waals surface area contributed by atoms with Crippen LogP contribution in [0, 0.1) is 0 Å². The summed E-state index contributed by atoms with van der Waals surface area (Å²) >= 11 is 0. The van der Waals surface area contributed by atoms with Gasteiger partial charge in [0.2, 0.25) is 0 Å². The normalized spacial score (nSPS) is 12.2. The number of rotatable bonds is 7. The quantitative estimate of drug-likeness (QED) is 0.729. The second-order valence-electron chi connectivity index (χ2n) is 3.86. The number of Topliss-reactive ketones (excluding diaryl/α,β-unsaturated/α-hetero) is 1. The molecule has 94 valence electrons. The Hall–Kier alpha value is -1.35. The first-order valence-electron chi connectivity index (χ1n) is 6.03. The van der Waals surface area contributed by atoms with Crippen LogP contribution in [0.4, 0.5) is 0 Å². The predicted octanol–water partition coefficient (Wildman–Crippen LogP) is 3.14. The molecule has 3 heteroatoms. The van der Waals surface area contributed by atoms with E-state index in [0.717, 1.165) is 17.7 Å². The van der Waals surface area contributed by atoms with Gasteiger partial charge in [-0.3, -0.25) is 4.79 Å². The molecule has 0 amide bonds. The molecule has 3 nitrogen and oxygen atoms in total. The van der Waals surface area contributed by atoms with Gasteiger partial charge in [0.25, 0.3) is 0 Å². The largest absolute Gasteiger partial charge is 0.494 e. The molecule has 0 spiro atoms. The summed E-state index contributed by atoms with van der Waals surface area (Å²) in [4.78, 5) is 11.5. The van der Waals surface area contributed by atoms with Crippen LogP contribution in [0.3, 0.4) is 0 Å². The summed E-state index contributed by atoms with van der Waals surface area (Å²) in [6.07, 6.45) is 0.450. The minimum atomic E-state index is -0.453. The molecule has 0 fully saturated rings. The summed E-state index contributed by atoms with van der Waals surface area (Å²) < 4.78 is 10.9. The van der Waals surface area contributed by atoms with Crippen LogP contribution in [0.15, 0.2) is 24.3 Å². The van der Waals surface area contributed by atoms with Crippen molar-refractivity contribution >= 4 is 5.78 Å². The average molecular weight is 236 g/mol. The number of ether oxygens (including phenoxy) is 2. The van der Waals surface area contributed by atoms with Gasteiger partial charge in [-0.25, -0.2) is 0 Å². The molecule has 0 aromatic heterocycles. The smallest absolute Gasteiger partial charge is 0.163 e. The molecule has 0 bridgehead atoms. The van der Waals surface area contributed by atoms with Crippen molar-refractivity contribution in [1.29, 1.82) is 0 Å². The van der Waals surface area contributed by atoms with Crippen molar-refractivity contribution in [3.8, 4) is 5.75 Å². The number of carbonyl (C=O) groups excluding carboxylic acids is 1. The highest BCUT2D eigenvalue weighted by atomic mass is 16.5. The van der Waals surface area contributed by atoms with E-state index in [-0.39, 0.29) is 5.78 Å². The lowest BCUT2D eigenvalue weighted by molar-refractivity contribution is -0.128. The van der Waals surface area contributed by atoms with E-state index in [0.29, 0.717) is 13.2 Å². The van der Waals surface area contributed by atoms with Gasteiger partial charge in [-0.05, 0) is 38.0 Å². The molecule has 1 aromatic rings. The monoisotopic (exact) mass is 236 g/mol. The number of carbonyl (C=O) groups is 1. The zero-order valence-electron chi connectivity index (χ0n) is 10.7. The van der Waals surface area contributed by atoms with E-state index in [4.69, 9.17) is 9.47 Å². The van der Waals surface area contributed by atoms with Crippen LogP contribution >= 0.6 is 0 Å². The summed E-state index contributed by atoms with van der Waals surface area (Å²) in [7, 11) is 0. The van der Waals surface area contributed by atoms with Crippen molar-refractivity contribution < 1.29 is 14.3 Å². The Morgan fingerprint density at radius 2 is 1.88 bits per heavy atom. The van der Waals surface area contributed by atoms with Gasteiger partial charge in [0, 0.05) is 6.61 Å². The zero-order valence-corrected chi connectivity index (χ0v) is 10.7. The standard InChI is InChI=1S/C14H20O3/c1-4-10-17-14(11(3)15)12-6-8-13(9-7-12)16-5-2/h6-9,14H,4-5,10H2,1-3H3. The van der Waals surface area contributed by atoms with Crippen molar-refractivity contribution in [3.05, 3.63) is 29.8 Å². The summed E-state index contributed by atoms with van der Waals surface area (Å²) in [5.74, 6) is 0.844. The Bertz CT molecular complexity index is 343. The van der Waals surface area contributed by atoms with E-state index < -0.39 is 6.10 Å². The molecule has 0 aliphatic carbocycles. The first-order chi connectivity index (χ1) is 8.19.